The Labute approximate surface area is 151 Å². The number of nitrogens with zero attached hydrogens (tertiary/aromatic N) is 2. The molecule has 0 aromatic carbocycles. The van der Waals surface area contributed by atoms with E-state index in [0.29, 0.717) is 18.4 Å². The van der Waals surface area contributed by atoms with E-state index in [1.54, 1.807) is 0 Å². The lowest BCUT2D eigenvalue weighted by molar-refractivity contribution is -0.123. The first kappa shape index (κ1) is 15.9. The van der Waals surface area contributed by atoms with E-state index >= 15 is 0 Å². The van der Waals surface area contributed by atoms with Crippen LogP contribution < -0.4 is 5.32 Å². The van der Waals surface area contributed by atoms with Gasteiger partial charge in [-0.25, -0.2) is 0 Å². The number of amides is 1. The second-order valence-electron chi connectivity index (χ2n) is 8.25. The topological polar surface area (TPSA) is 46.9 Å². The van der Waals surface area contributed by atoms with Crippen LogP contribution in [0, 0.1) is 33.7 Å². The van der Waals surface area contributed by atoms with E-state index in [9.17, 15) is 4.79 Å². The summed E-state index contributed by atoms with van der Waals surface area (Å²) in [5, 5.41) is 7.59. The molecule has 23 heavy (non-hydrogen) atoms. The van der Waals surface area contributed by atoms with Crippen molar-refractivity contribution in [1.82, 2.24) is 15.1 Å². The Bertz CT molecular complexity index is 574. The van der Waals surface area contributed by atoms with Crippen molar-refractivity contribution in [3.63, 3.8) is 0 Å². The van der Waals surface area contributed by atoms with Crippen molar-refractivity contribution < 1.29 is 4.79 Å². The van der Waals surface area contributed by atoms with E-state index in [4.69, 9.17) is 0 Å². The molecule has 5 rings (SSSR count). The van der Waals surface area contributed by atoms with Gasteiger partial charge in [0.05, 0.1) is 9.77 Å². The highest BCUT2D eigenvalue weighted by atomic mass is 127. The quantitative estimate of drug-likeness (QED) is 0.732. The predicted molar refractivity (Wildman–Crippen MR) is 97.9 cm³/mol. The summed E-state index contributed by atoms with van der Waals surface area (Å²) in [6, 6.07) is 0. The molecule has 4 nitrogen and oxygen atoms in total. The molecule has 5 heteroatoms. The molecule has 1 aromatic heterocycles. The van der Waals surface area contributed by atoms with E-state index in [2.05, 4.69) is 39.9 Å². The van der Waals surface area contributed by atoms with Crippen LogP contribution in [0.5, 0.6) is 0 Å². The second-order valence-corrected chi connectivity index (χ2v) is 9.41. The Kier molecular flexibility index (Phi) is 4.18. The van der Waals surface area contributed by atoms with Crippen molar-refractivity contribution >= 4 is 28.5 Å². The molecule has 0 aliphatic heterocycles. The Morgan fingerprint density at radius 3 is 2.43 bits per heavy atom. The highest BCUT2D eigenvalue weighted by Gasteiger charge is 2.50. The minimum atomic E-state index is 0.186. The van der Waals surface area contributed by atoms with Crippen molar-refractivity contribution in [2.75, 3.05) is 6.54 Å². The summed E-state index contributed by atoms with van der Waals surface area (Å²) in [5.41, 5.74) is 1.58. The van der Waals surface area contributed by atoms with Gasteiger partial charge in [0, 0.05) is 25.2 Å². The SMILES string of the molecule is Cc1c(I)cnn1CCC(=O)NCC12CC3CC(CC(C3)C1)C2. The maximum Gasteiger partial charge on any atom is 0.221 e. The van der Waals surface area contributed by atoms with Crippen LogP contribution in [0.1, 0.15) is 50.6 Å². The van der Waals surface area contributed by atoms with Crippen molar-refractivity contribution in [2.45, 2.75) is 58.4 Å². The van der Waals surface area contributed by atoms with Crippen LogP contribution in [0.3, 0.4) is 0 Å². The Morgan fingerprint density at radius 2 is 1.91 bits per heavy atom. The fourth-order valence-corrected chi connectivity index (χ4v) is 6.14. The molecule has 1 N–H and O–H groups in total. The summed E-state index contributed by atoms with van der Waals surface area (Å²) in [7, 11) is 0. The van der Waals surface area contributed by atoms with Gasteiger partial charge in [-0.1, -0.05) is 0 Å². The number of hydrogen-bond acceptors (Lipinski definition) is 2. The molecule has 4 fully saturated rings. The largest absolute Gasteiger partial charge is 0.355 e. The number of nitrogens with one attached hydrogen (secondary N) is 1. The molecule has 1 amide bonds. The number of carbonyl (C=O) groups excluding carboxylic acids is 1. The van der Waals surface area contributed by atoms with Crippen molar-refractivity contribution in [2.24, 2.45) is 23.2 Å². The van der Waals surface area contributed by atoms with Crippen molar-refractivity contribution in [3.8, 4) is 0 Å². The van der Waals surface area contributed by atoms with Gasteiger partial charge in [-0.05, 0) is 91.2 Å². The molecule has 0 unspecified atom stereocenters. The number of aryl methyl sites for hydroxylation is 1. The molecule has 4 saturated carbocycles. The average Bonchev–Trinajstić information content (AvgIpc) is 2.81. The fraction of sp³-hybridized carbons (Fsp3) is 0.778. The first-order chi connectivity index (χ1) is 11.0. The predicted octanol–water partition coefficient (Wildman–Crippen LogP) is 3.52. The second kappa shape index (κ2) is 6.05. The maximum atomic E-state index is 12.3. The Morgan fingerprint density at radius 1 is 1.30 bits per heavy atom. The van der Waals surface area contributed by atoms with Gasteiger partial charge in [-0.15, -0.1) is 0 Å². The van der Waals surface area contributed by atoms with Crippen LogP contribution >= 0.6 is 22.6 Å². The summed E-state index contributed by atoms with van der Waals surface area (Å²) in [6.45, 7) is 3.65. The first-order valence-electron chi connectivity index (χ1n) is 8.98. The zero-order valence-corrected chi connectivity index (χ0v) is 16.0. The van der Waals surface area contributed by atoms with Crippen molar-refractivity contribution in [1.29, 1.82) is 0 Å². The van der Waals surface area contributed by atoms with Gasteiger partial charge in [0.15, 0.2) is 0 Å². The zero-order valence-electron chi connectivity index (χ0n) is 13.9. The van der Waals surface area contributed by atoms with Crippen LogP contribution in [0.4, 0.5) is 0 Å². The molecule has 0 spiro atoms. The number of hydrogen-bond donors (Lipinski definition) is 1. The minimum Gasteiger partial charge on any atom is -0.355 e. The van der Waals surface area contributed by atoms with Crippen molar-refractivity contribution in [3.05, 3.63) is 15.5 Å². The smallest absolute Gasteiger partial charge is 0.221 e. The highest BCUT2D eigenvalue weighted by Crippen LogP contribution is 2.59. The van der Waals surface area contributed by atoms with Crippen LogP contribution in [-0.2, 0) is 11.3 Å². The maximum absolute atomic E-state index is 12.3. The van der Waals surface area contributed by atoms with Crippen LogP contribution in [0.25, 0.3) is 0 Å². The Balaban J connectivity index is 1.29. The summed E-state index contributed by atoms with van der Waals surface area (Å²) < 4.78 is 3.10. The molecule has 1 heterocycles. The molecule has 1 aromatic rings. The van der Waals surface area contributed by atoms with E-state index in [1.165, 1.54) is 38.5 Å². The number of halogens is 1. The zero-order chi connectivity index (χ0) is 16.0. The van der Waals surface area contributed by atoms with E-state index in [-0.39, 0.29) is 5.91 Å². The third-order valence-electron chi connectivity index (χ3n) is 6.42. The van der Waals surface area contributed by atoms with E-state index in [0.717, 1.165) is 33.6 Å². The molecule has 4 bridgehead atoms. The van der Waals surface area contributed by atoms with E-state index < -0.39 is 0 Å². The molecule has 4 aliphatic carbocycles. The van der Waals surface area contributed by atoms with Gasteiger partial charge in [0.25, 0.3) is 0 Å². The fourth-order valence-electron chi connectivity index (χ4n) is 5.74. The molecule has 126 valence electrons. The monoisotopic (exact) mass is 427 g/mol. The third-order valence-corrected chi connectivity index (χ3v) is 7.48. The first-order valence-corrected chi connectivity index (χ1v) is 10.1. The lowest BCUT2D eigenvalue weighted by Gasteiger charge is -2.56. The lowest BCUT2D eigenvalue weighted by atomic mass is 9.49. The van der Waals surface area contributed by atoms with Gasteiger partial charge in [0.1, 0.15) is 0 Å². The highest BCUT2D eigenvalue weighted by molar-refractivity contribution is 14.1. The number of aromatic nitrogens is 2. The number of carbonyl (C=O) groups is 1. The third kappa shape index (κ3) is 3.17. The van der Waals surface area contributed by atoms with Crippen LogP contribution in [0.15, 0.2) is 6.20 Å². The molecule has 0 radical (unpaired) electrons. The summed E-state index contributed by atoms with van der Waals surface area (Å²) in [5.74, 6) is 3.04. The molecule has 0 saturated heterocycles. The standard InChI is InChI=1S/C18H26IN3O/c1-12-16(19)10-21-22(12)3-2-17(23)20-11-18-7-13-4-14(8-18)6-15(5-13)9-18/h10,13-15H,2-9,11H2,1H3,(H,20,23). The van der Waals surface area contributed by atoms with Gasteiger partial charge in [-0.3, -0.25) is 9.48 Å². The van der Waals surface area contributed by atoms with Crippen LogP contribution in [-0.4, -0.2) is 22.2 Å². The average molecular weight is 427 g/mol. The summed E-state index contributed by atoms with van der Waals surface area (Å²) in [4.78, 5) is 12.3. The Hall–Kier alpha value is -0.590. The van der Waals surface area contributed by atoms with Gasteiger partial charge in [-0.2, -0.15) is 5.10 Å². The normalized spacial score (nSPS) is 34.8. The lowest BCUT2D eigenvalue weighted by Crippen LogP contribution is -2.51. The van der Waals surface area contributed by atoms with Gasteiger partial charge >= 0.3 is 0 Å². The number of rotatable bonds is 5. The van der Waals surface area contributed by atoms with E-state index in [1.807, 2.05) is 10.9 Å². The van der Waals surface area contributed by atoms with Gasteiger partial charge < -0.3 is 5.32 Å². The minimum absolute atomic E-state index is 0.186. The summed E-state index contributed by atoms with van der Waals surface area (Å²) in [6.07, 6.45) is 10.9. The van der Waals surface area contributed by atoms with Gasteiger partial charge in [0.2, 0.25) is 5.91 Å². The van der Waals surface area contributed by atoms with Crippen LogP contribution in [0.2, 0.25) is 0 Å². The molecular formula is C18H26IN3O. The molecule has 4 aliphatic rings. The molecular weight excluding hydrogens is 401 g/mol. The summed E-state index contributed by atoms with van der Waals surface area (Å²) >= 11 is 2.29. The molecule has 0 atom stereocenters.